The van der Waals surface area contributed by atoms with Crippen LogP contribution >= 0.6 is 23.2 Å². The zero-order chi connectivity index (χ0) is 22.6. The highest BCUT2D eigenvalue weighted by Gasteiger charge is 2.33. The first-order valence-electron chi connectivity index (χ1n) is 10.1. The van der Waals surface area contributed by atoms with Crippen molar-refractivity contribution in [2.75, 3.05) is 20.2 Å². The predicted molar refractivity (Wildman–Crippen MR) is 123 cm³/mol. The zero-order valence-corrected chi connectivity index (χ0v) is 19.8. The van der Waals surface area contributed by atoms with Crippen LogP contribution in [0.2, 0.25) is 10.0 Å². The SMILES string of the molecule is COc1ccccc1[C@H](C)NC(=O)[C@H]1CCCN(S(=O)(=O)Cc2ccc(Cl)c(Cl)c2)C1. The minimum Gasteiger partial charge on any atom is -0.496 e. The molecule has 1 heterocycles. The van der Waals surface area contributed by atoms with Crippen molar-refractivity contribution in [2.24, 2.45) is 5.92 Å². The van der Waals surface area contributed by atoms with Gasteiger partial charge in [0.2, 0.25) is 15.9 Å². The van der Waals surface area contributed by atoms with Crippen molar-refractivity contribution < 1.29 is 17.9 Å². The molecule has 3 rings (SSSR count). The Hall–Kier alpha value is -1.80. The van der Waals surface area contributed by atoms with E-state index < -0.39 is 15.9 Å². The number of hydrogen-bond donors (Lipinski definition) is 1. The van der Waals surface area contributed by atoms with E-state index in [0.717, 1.165) is 5.56 Å². The van der Waals surface area contributed by atoms with Crippen molar-refractivity contribution in [3.05, 3.63) is 63.6 Å². The largest absolute Gasteiger partial charge is 0.496 e. The number of amides is 1. The third kappa shape index (κ3) is 5.92. The number of nitrogens with one attached hydrogen (secondary N) is 1. The summed E-state index contributed by atoms with van der Waals surface area (Å²) in [5.74, 6) is -0.0531. The van der Waals surface area contributed by atoms with Gasteiger partial charge in [0, 0.05) is 18.7 Å². The maximum Gasteiger partial charge on any atom is 0.224 e. The summed E-state index contributed by atoms with van der Waals surface area (Å²) in [6.45, 7) is 2.45. The molecule has 0 unspecified atom stereocenters. The molecule has 1 aliphatic rings. The molecule has 6 nitrogen and oxygen atoms in total. The van der Waals surface area contributed by atoms with Crippen LogP contribution in [0.1, 0.15) is 36.9 Å². The molecule has 2 atom stereocenters. The van der Waals surface area contributed by atoms with Gasteiger partial charge in [0.25, 0.3) is 0 Å². The number of methoxy groups -OCH3 is 1. The maximum absolute atomic E-state index is 12.9. The fourth-order valence-electron chi connectivity index (χ4n) is 3.77. The normalized spacial score (nSPS) is 18.4. The van der Waals surface area contributed by atoms with Gasteiger partial charge in [0.15, 0.2) is 0 Å². The lowest BCUT2D eigenvalue weighted by molar-refractivity contribution is -0.126. The second-order valence-electron chi connectivity index (χ2n) is 7.67. The van der Waals surface area contributed by atoms with E-state index in [1.807, 2.05) is 31.2 Å². The van der Waals surface area contributed by atoms with Crippen molar-refractivity contribution in [3.63, 3.8) is 0 Å². The van der Waals surface area contributed by atoms with Crippen LogP contribution in [0, 0.1) is 5.92 Å². The summed E-state index contributed by atoms with van der Waals surface area (Å²) in [6.07, 6.45) is 1.27. The Morgan fingerprint density at radius 2 is 1.97 bits per heavy atom. The minimum atomic E-state index is -3.59. The van der Waals surface area contributed by atoms with Gasteiger partial charge < -0.3 is 10.1 Å². The fraction of sp³-hybridized carbons (Fsp3) is 0.409. The second-order valence-corrected chi connectivity index (χ2v) is 10.5. The Morgan fingerprint density at radius 3 is 2.68 bits per heavy atom. The lowest BCUT2D eigenvalue weighted by Crippen LogP contribution is -2.46. The van der Waals surface area contributed by atoms with E-state index >= 15 is 0 Å². The van der Waals surface area contributed by atoms with Crippen molar-refractivity contribution in [1.29, 1.82) is 0 Å². The molecule has 1 N–H and O–H groups in total. The van der Waals surface area contributed by atoms with Crippen molar-refractivity contribution in [2.45, 2.75) is 31.6 Å². The van der Waals surface area contributed by atoms with E-state index in [4.69, 9.17) is 27.9 Å². The predicted octanol–water partition coefficient (Wildman–Crippen LogP) is 4.42. The zero-order valence-electron chi connectivity index (χ0n) is 17.5. The monoisotopic (exact) mass is 484 g/mol. The summed E-state index contributed by atoms with van der Waals surface area (Å²) in [5, 5.41) is 3.70. The molecule has 1 aliphatic heterocycles. The number of benzene rings is 2. The standard InChI is InChI=1S/C22H26Cl2N2O4S/c1-15(18-7-3-4-8-21(18)30-2)25-22(27)17-6-5-11-26(13-17)31(28,29)14-16-9-10-19(23)20(24)12-16/h3-4,7-10,12,15,17H,5-6,11,13-14H2,1-2H3,(H,25,27)/t15-,17-/m0/s1. The fourth-order valence-corrected chi connectivity index (χ4v) is 5.69. The van der Waals surface area contributed by atoms with Gasteiger partial charge in [-0.3, -0.25) is 4.79 Å². The van der Waals surface area contributed by atoms with Crippen LogP contribution in [-0.4, -0.2) is 38.8 Å². The molecule has 0 bridgehead atoms. The van der Waals surface area contributed by atoms with Gasteiger partial charge in [0.05, 0.1) is 34.9 Å². The number of hydrogen-bond acceptors (Lipinski definition) is 4. The van der Waals surface area contributed by atoms with E-state index in [1.165, 1.54) is 4.31 Å². The van der Waals surface area contributed by atoms with Crippen LogP contribution < -0.4 is 10.1 Å². The summed E-state index contributed by atoms with van der Waals surface area (Å²) >= 11 is 11.9. The summed E-state index contributed by atoms with van der Waals surface area (Å²) in [5.41, 5.74) is 1.43. The highest BCUT2D eigenvalue weighted by atomic mass is 35.5. The Morgan fingerprint density at radius 1 is 1.23 bits per heavy atom. The molecule has 31 heavy (non-hydrogen) atoms. The molecule has 1 amide bonds. The number of nitrogens with zero attached hydrogens (tertiary/aromatic N) is 1. The van der Waals surface area contributed by atoms with Crippen molar-refractivity contribution >= 4 is 39.1 Å². The summed E-state index contributed by atoms with van der Waals surface area (Å²) in [4.78, 5) is 12.9. The highest BCUT2D eigenvalue weighted by Crippen LogP contribution is 2.28. The topological polar surface area (TPSA) is 75.7 Å². The lowest BCUT2D eigenvalue weighted by Gasteiger charge is -2.32. The van der Waals surface area contributed by atoms with E-state index in [2.05, 4.69) is 5.32 Å². The van der Waals surface area contributed by atoms with E-state index in [0.29, 0.717) is 40.7 Å². The number of sulfonamides is 1. The molecule has 0 aliphatic carbocycles. The van der Waals surface area contributed by atoms with Gasteiger partial charge in [-0.25, -0.2) is 12.7 Å². The van der Waals surface area contributed by atoms with E-state index in [9.17, 15) is 13.2 Å². The van der Waals surface area contributed by atoms with Gasteiger partial charge >= 0.3 is 0 Å². The Kier molecular flexibility index (Phi) is 7.86. The summed E-state index contributed by atoms with van der Waals surface area (Å²) in [6, 6.07) is 12.0. The number of carbonyl (C=O) groups excluding carboxylic acids is 1. The molecular formula is C22H26Cl2N2O4S. The Balaban J connectivity index is 1.66. The van der Waals surface area contributed by atoms with Crippen LogP contribution in [0.3, 0.4) is 0 Å². The number of halogens is 2. The maximum atomic E-state index is 12.9. The third-order valence-corrected chi connectivity index (χ3v) is 8.00. The molecular weight excluding hydrogens is 459 g/mol. The van der Waals surface area contributed by atoms with Crippen LogP contribution in [0.5, 0.6) is 5.75 Å². The summed E-state index contributed by atoms with van der Waals surface area (Å²) in [7, 11) is -2.00. The molecule has 9 heteroatoms. The average molecular weight is 485 g/mol. The number of ether oxygens (including phenoxy) is 1. The molecule has 0 aromatic heterocycles. The first-order valence-corrected chi connectivity index (χ1v) is 12.4. The van der Waals surface area contributed by atoms with Crippen molar-refractivity contribution in [3.8, 4) is 5.75 Å². The van der Waals surface area contributed by atoms with Crippen LogP contribution in [0.15, 0.2) is 42.5 Å². The minimum absolute atomic E-state index is 0.159. The quantitative estimate of drug-likeness (QED) is 0.630. The Bertz CT molecular complexity index is 1050. The van der Waals surface area contributed by atoms with Gasteiger partial charge in [-0.05, 0) is 43.5 Å². The number of piperidine rings is 1. The van der Waals surface area contributed by atoms with Gasteiger partial charge in [-0.15, -0.1) is 0 Å². The van der Waals surface area contributed by atoms with Gasteiger partial charge in [0.1, 0.15) is 5.75 Å². The molecule has 2 aromatic carbocycles. The molecule has 0 saturated carbocycles. The molecule has 2 aromatic rings. The molecule has 168 valence electrons. The van der Waals surface area contributed by atoms with Gasteiger partial charge in [-0.2, -0.15) is 0 Å². The van der Waals surface area contributed by atoms with Crippen LogP contribution in [0.4, 0.5) is 0 Å². The van der Waals surface area contributed by atoms with E-state index in [1.54, 1.807) is 25.3 Å². The van der Waals surface area contributed by atoms with Crippen molar-refractivity contribution in [1.82, 2.24) is 9.62 Å². The highest BCUT2D eigenvalue weighted by molar-refractivity contribution is 7.88. The average Bonchev–Trinajstić information content (AvgIpc) is 2.76. The number of para-hydroxylation sites is 1. The number of rotatable bonds is 7. The van der Waals surface area contributed by atoms with Crippen LogP contribution in [0.25, 0.3) is 0 Å². The summed E-state index contributed by atoms with van der Waals surface area (Å²) < 4.78 is 32.7. The van der Waals surface area contributed by atoms with Gasteiger partial charge in [-0.1, -0.05) is 47.5 Å². The first kappa shape index (κ1) is 23.9. The number of carbonyl (C=O) groups is 1. The molecule has 1 saturated heterocycles. The Labute approximate surface area is 193 Å². The second kappa shape index (κ2) is 10.2. The van der Waals surface area contributed by atoms with E-state index in [-0.39, 0.29) is 24.2 Å². The van der Waals surface area contributed by atoms with Crippen LogP contribution in [-0.2, 0) is 20.6 Å². The first-order chi connectivity index (χ1) is 14.7. The molecule has 1 fully saturated rings. The molecule has 0 radical (unpaired) electrons. The molecule has 0 spiro atoms. The lowest BCUT2D eigenvalue weighted by atomic mass is 9.97. The third-order valence-electron chi connectivity index (χ3n) is 5.45. The smallest absolute Gasteiger partial charge is 0.224 e.